The first-order valence-corrected chi connectivity index (χ1v) is 6.57. The molecule has 0 aliphatic rings. The van der Waals surface area contributed by atoms with Crippen LogP contribution in [0, 0.1) is 11.8 Å². The SMILES string of the molecule is O=C(COc1ccccc1C#CCO)c1cccs1. The van der Waals surface area contributed by atoms with Gasteiger partial charge >= 0.3 is 0 Å². The minimum atomic E-state index is -0.206. The van der Waals surface area contributed by atoms with Gasteiger partial charge in [0.05, 0.1) is 10.4 Å². The minimum Gasteiger partial charge on any atom is -0.484 e. The summed E-state index contributed by atoms with van der Waals surface area (Å²) in [5, 5.41) is 10.5. The Kier molecular flexibility index (Phi) is 4.73. The van der Waals surface area contributed by atoms with Gasteiger partial charge in [0, 0.05) is 0 Å². The van der Waals surface area contributed by atoms with Gasteiger partial charge in [-0.05, 0) is 23.6 Å². The molecule has 3 nitrogen and oxygen atoms in total. The quantitative estimate of drug-likeness (QED) is 0.686. The van der Waals surface area contributed by atoms with Crippen LogP contribution in [0.3, 0.4) is 0 Å². The van der Waals surface area contributed by atoms with Crippen LogP contribution in [0.25, 0.3) is 0 Å². The van der Waals surface area contributed by atoms with Gasteiger partial charge in [0.2, 0.25) is 5.78 Å². The predicted molar refractivity (Wildman–Crippen MR) is 74.6 cm³/mol. The van der Waals surface area contributed by atoms with E-state index in [0.717, 1.165) is 0 Å². The summed E-state index contributed by atoms with van der Waals surface area (Å²) in [6.07, 6.45) is 0. The Balaban J connectivity index is 2.05. The first kappa shape index (κ1) is 13.3. The van der Waals surface area contributed by atoms with Crippen molar-refractivity contribution in [3.63, 3.8) is 0 Å². The number of para-hydroxylation sites is 1. The summed E-state index contributed by atoms with van der Waals surface area (Å²) in [6, 6.07) is 10.8. The summed E-state index contributed by atoms with van der Waals surface area (Å²) in [6.45, 7) is -0.221. The van der Waals surface area contributed by atoms with E-state index in [1.807, 2.05) is 23.6 Å². The average Bonchev–Trinajstić information content (AvgIpc) is 2.97. The lowest BCUT2D eigenvalue weighted by Gasteiger charge is -2.06. The Bertz CT molecular complexity index is 606. The molecular formula is C15H12O3S. The fourth-order valence-corrected chi connectivity index (χ4v) is 2.13. The highest BCUT2D eigenvalue weighted by Gasteiger charge is 2.08. The second-order valence-electron chi connectivity index (χ2n) is 3.65. The van der Waals surface area contributed by atoms with Gasteiger partial charge in [-0.1, -0.05) is 30.0 Å². The lowest BCUT2D eigenvalue weighted by Crippen LogP contribution is -2.10. The van der Waals surface area contributed by atoms with E-state index in [0.29, 0.717) is 16.2 Å². The number of thiophene rings is 1. The summed E-state index contributed by atoms with van der Waals surface area (Å²) in [7, 11) is 0. The molecule has 1 heterocycles. The van der Waals surface area contributed by atoms with Crippen LogP contribution < -0.4 is 4.74 Å². The fourth-order valence-electron chi connectivity index (χ4n) is 1.48. The molecule has 0 amide bonds. The fraction of sp³-hybridized carbons (Fsp3) is 0.133. The number of hydrogen-bond acceptors (Lipinski definition) is 4. The third-order valence-corrected chi connectivity index (χ3v) is 3.25. The molecule has 0 aliphatic heterocycles. The molecule has 19 heavy (non-hydrogen) atoms. The van der Waals surface area contributed by atoms with Gasteiger partial charge in [-0.25, -0.2) is 0 Å². The number of carbonyl (C=O) groups is 1. The summed E-state index contributed by atoms with van der Waals surface area (Å²) < 4.78 is 5.49. The molecule has 1 N–H and O–H groups in total. The molecule has 0 aliphatic carbocycles. The zero-order valence-electron chi connectivity index (χ0n) is 10.1. The van der Waals surface area contributed by atoms with E-state index in [4.69, 9.17) is 9.84 Å². The van der Waals surface area contributed by atoms with Crippen molar-refractivity contribution in [3.05, 3.63) is 52.2 Å². The zero-order valence-corrected chi connectivity index (χ0v) is 10.9. The average molecular weight is 272 g/mol. The van der Waals surface area contributed by atoms with E-state index >= 15 is 0 Å². The molecule has 96 valence electrons. The number of aliphatic hydroxyl groups excluding tert-OH is 1. The highest BCUT2D eigenvalue weighted by molar-refractivity contribution is 7.12. The number of hydrogen-bond donors (Lipinski definition) is 1. The molecule has 1 aromatic carbocycles. The second kappa shape index (κ2) is 6.74. The monoisotopic (exact) mass is 272 g/mol. The van der Waals surface area contributed by atoms with Crippen LogP contribution in [-0.2, 0) is 0 Å². The van der Waals surface area contributed by atoms with Crippen LogP contribution in [0.1, 0.15) is 15.2 Å². The van der Waals surface area contributed by atoms with Crippen LogP contribution >= 0.6 is 11.3 Å². The molecule has 4 heteroatoms. The number of ketones is 1. The highest BCUT2D eigenvalue weighted by atomic mass is 32.1. The van der Waals surface area contributed by atoms with Gasteiger partial charge < -0.3 is 9.84 Å². The Morgan fingerprint density at radius 1 is 1.26 bits per heavy atom. The molecule has 0 spiro atoms. The maximum atomic E-state index is 11.8. The molecule has 0 fully saturated rings. The van der Waals surface area contributed by atoms with E-state index < -0.39 is 0 Å². The summed E-state index contributed by atoms with van der Waals surface area (Å²) >= 11 is 1.39. The van der Waals surface area contributed by atoms with Crippen molar-refractivity contribution in [2.45, 2.75) is 0 Å². The second-order valence-corrected chi connectivity index (χ2v) is 4.59. The molecular weight excluding hydrogens is 260 g/mol. The minimum absolute atomic E-state index is 0.0155. The maximum Gasteiger partial charge on any atom is 0.210 e. The van der Waals surface area contributed by atoms with Gasteiger partial charge in [-0.15, -0.1) is 11.3 Å². The summed E-state index contributed by atoms with van der Waals surface area (Å²) in [4.78, 5) is 12.5. The normalized spacial score (nSPS) is 9.53. The molecule has 2 aromatic rings. The molecule has 2 rings (SSSR count). The third-order valence-electron chi connectivity index (χ3n) is 2.34. The van der Waals surface area contributed by atoms with Gasteiger partial charge in [0.15, 0.2) is 6.61 Å². The zero-order chi connectivity index (χ0) is 13.5. The number of aliphatic hydroxyl groups is 1. The van der Waals surface area contributed by atoms with Crippen molar-refractivity contribution in [3.8, 4) is 17.6 Å². The van der Waals surface area contributed by atoms with Crippen LogP contribution in [-0.4, -0.2) is 24.1 Å². The number of rotatable bonds is 4. The lowest BCUT2D eigenvalue weighted by atomic mass is 10.2. The number of carbonyl (C=O) groups excluding carboxylic acids is 1. The maximum absolute atomic E-state index is 11.8. The highest BCUT2D eigenvalue weighted by Crippen LogP contribution is 2.17. The molecule has 0 bridgehead atoms. The standard InChI is InChI=1S/C15H12O3S/c16-9-3-6-12-5-1-2-7-14(12)18-11-13(17)15-8-4-10-19-15/h1-2,4-5,7-8,10,16H,9,11H2. The largest absolute Gasteiger partial charge is 0.484 e. The van der Waals surface area contributed by atoms with E-state index in [-0.39, 0.29) is 19.0 Å². The van der Waals surface area contributed by atoms with E-state index in [2.05, 4.69) is 11.8 Å². The number of Topliss-reactive ketones (excluding diaryl/α,β-unsaturated/α-hetero) is 1. The molecule has 0 saturated carbocycles. The van der Waals surface area contributed by atoms with E-state index in [1.165, 1.54) is 11.3 Å². The Labute approximate surface area is 115 Å². The number of benzene rings is 1. The van der Waals surface area contributed by atoms with E-state index in [1.54, 1.807) is 18.2 Å². The van der Waals surface area contributed by atoms with E-state index in [9.17, 15) is 4.79 Å². The molecule has 0 saturated heterocycles. The van der Waals surface area contributed by atoms with Gasteiger partial charge in [0.1, 0.15) is 12.4 Å². The van der Waals surface area contributed by atoms with Crippen molar-refractivity contribution in [1.29, 1.82) is 0 Å². The Morgan fingerprint density at radius 3 is 2.84 bits per heavy atom. The number of ether oxygens (including phenoxy) is 1. The predicted octanol–water partition coefficient (Wildman–Crippen LogP) is 2.35. The molecule has 0 unspecified atom stereocenters. The van der Waals surface area contributed by atoms with Crippen LogP contribution in [0.5, 0.6) is 5.75 Å². The lowest BCUT2D eigenvalue weighted by molar-refractivity contribution is 0.0925. The summed E-state index contributed by atoms with van der Waals surface area (Å²) in [5.74, 6) is 5.84. The van der Waals surface area contributed by atoms with Crippen LogP contribution in [0.15, 0.2) is 41.8 Å². The molecule has 0 radical (unpaired) electrons. The van der Waals surface area contributed by atoms with Crippen molar-refractivity contribution in [1.82, 2.24) is 0 Å². The first-order chi connectivity index (χ1) is 9.31. The van der Waals surface area contributed by atoms with Crippen LogP contribution in [0.4, 0.5) is 0 Å². The summed E-state index contributed by atoms with van der Waals surface area (Å²) in [5.41, 5.74) is 0.663. The van der Waals surface area contributed by atoms with Crippen LogP contribution in [0.2, 0.25) is 0 Å². The van der Waals surface area contributed by atoms with Gasteiger partial charge in [-0.3, -0.25) is 4.79 Å². The third kappa shape index (κ3) is 3.68. The van der Waals surface area contributed by atoms with Crippen molar-refractivity contribution in [2.75, 3.05) is 13.2 Å². The first-order valence-electron chi connectivity index (χ1n) is 5.69. The molecule has 1 aromatic heterocycles. The van der Waals surface area contributed by atoms with Crippen molar-refractivity contribution >= 4 is 17.1 Å². The smallest absolute Gasteiger partial charge is 0.210 e. The van der Waals surface area contributed by atoms with Crippen molar-refractivity contribution in [2.24, 2.45) is 0 Å². The van der Waals surface area contributed by atoms with Crippen molar-refractivity contribution < 1.29 is 14.6 Å². The van der Waals surface area contributed by atoms with Gasteiger partial charge in [-0.2, -0.15) is 0 Å². The van der Waals surface area contributed by atoms with Gasteiger partial charge in [0.25, 0.3) is 0 Å². The molecule has 0 atom stereocenters. The Hall–Kier alpha value is -2.09. The topological polar surface area (TPSA) is 46.5 Å². The Morgan fingerprint density at radius 2 is 2.11 bits per heavy atom.